The standard InChI is InChI=1S/C19H23N3O2S/c1-20(2)12-18(24)21-9-13-8-14(11-21)19-15(16-4-3-7-25-16)5-6-17(23)22(19)10-13/h3-7,13-14H,8-12H2,1-2H3/p+1/t13-,14+/m0/s1. The van der Waals surface area contributed by atoms with Crippen molar-refractivity contribution in [1.29, 1.82) is 0 Å². The SMILES string of the molecule is C[NH+](C)CC(=O)N1C[C@@H]2C[C@H](C1)c1c(-c3cccs3)ccc(=O)n1C2. The maximum Gasteiger partial charge on any atom is 0.277 e. The van der Waals surface area contributed by atoms with Crippen molar-refractivity contribution in [3.8, 4) is 10.4 Å². The van der Waals surface area contributed by atoms with Gasteiger partial charge in [-0.15, -0.1) is 11.3 Å². The van der Waals surface area contributed by atoms with Crippen molar-refractivity contribution in [2.45, 2.75) is 18.9 Å². The molecule has 132 valence electrons. The quantitative estimate of drug-likeness (QED) is 0.877. The molecule has 2 bridgehead atoms. The van der Waals surface area contributed by atoms with Gasteiger partial charge >= 0.3 is 0 Å². The van der Waals surface area contributed by atoms with Crippen molar-refractivity contribution < 1.29 is 9.69 Å². The molecule has 6 heteroatoms. The maximum atomic E-state index is 12.6. The van der Waals surface area contributed by atoms with Crippen LogP contribution in [0, 0.1) is 5.92 Å². The third-order valence-corrected chi connectivity index (χ3v) is 6.14. The molecule has 1 amide bonds. The van der Waals surface area contributed by atoms with Crippen LogP contribution in [-0.4, -0.2) is 49.1 Å². The summed E-state index contributed by atoms with van der Waals surface area (Å²) in [6, 6.07) is 7.81. The first-order chi connectivity index (χ1) is 12.0. The fraction of sp³-hybridized carbons (Fsp3) is 0.474. The first kappa shape index (κ1) is 16.5. The molecule has 5 nitrogen and oxygen atoms in total. The summed E-state index contributed by atoms with van der Waals surface area (Å²) in [5.41, 5.74) is 2.37. The van der Waals surface area contributed by atoms with Gasteiger partial charge in [-0.1, -0.05) is 6.07 Å². The third kappa shape index (κ3) is 3.04. The van der Waals surface area contributed by atoms with Gasteiger partial charge in [-0.3, -0.25) is 9.59 Å². The second kappa shape index (κ2) is 6.42. The maximum absolute atomic E-state index is 12.6. The summed E-state index contributed by atoms with van der Waals surface area (Å²) < 4.78 is 1.97. The second-order valence-corrected chi connectivity index (χ2v) is 8.49. The van der Waals surface area contributed by atoms with Crippen molar-refractivity contribution in [1.82, 2.24) is 9.47 Å². The molecule has 0 unspecified atom stereocenters. The monoisotopic (exact) mass is 358 g/mol. The highest BCUT2D eigenvalue weighted by Crippen LogP contribution is 2.40. The summed E-state index contributed by atoms with van der Waals surface area (Å²) in [4.78, 5) is 29.4. The molecular weight excluding hydrogens is 334 g/mol. The lowest BCUT2D eigenvalue weighted by atomic mass is 9.81. The molecule has 2 aliphatic rings. The number of piperidine rings is 1. The van der Waals surface area contributed by atoms with Crippen LogP contribution in [0.4, 0.5) is 0 Å². The molecule has 2 aliphatic heterocycles. The topological polar surface area (TPSA) is 46.8 Å². The predicted octanol–water partition coefficient (Wildman–Crippen LogP) is 0.667. The minimum Gasteiger partial charge on any atom is -0.337 e. The van der Waals surface area contributed by atoms with Gasteiger partial charge in [-0.25, -0.2) is 0 Å². The van der Waals surface area contributed by atoms with Crippen molar-refractivity contribution in [3.63, 3.8) is 0 Å². The Morgan fingerprint density at radius 3 is 2.80 bits per heavy atom. The van der Waals surface area contributed by atoms with Crippen molar-refractivity contribution >= 4 is 17.2 Å². The average Bonchev–Trinajstić information content (AvgIpc) is 3.09. The summed E-state index contributed by atoms with van der Waals surface area (Å²) in [6.45, 7) is 2.75. The van der Waals surface area contributed by atoms with E-state index in [4.69, 9.17) is 0 Å². The van der Waals surface area contributed by atoms with Crippen LogP contribution < -0.4 is 10.5 Å². The Kier molecular flexibility index (Phi) is 4.25. The molecule has 25 heavy (non-hydrogen) atoms. The van der Waals surface area contributed by atoms with Crippen LogP contribution in [0.15, 0.2) is 34.4 Å². The van der Waals surface area contributed by atoms with Crippen molar-refractivity contribution in [2.75, 3.05) is 33.7 Å². The molecule has 1 saturated heterocycles. The molecule has 4 rings (SSSR count). The van der Waals surface area contributed by atoms with Gasteiger partial charge in [0.25, 0.3) is 11.5 Å². The van der Waals surface area contributed by atoms with Gasteiger partial charge in [0, 0.05) is 47.8 Å². The van der Waals surface area contributed by atoms with E-state index in [1.165, 1.54) is 4.88 Å². The van der Waals surface area contributed by atoms with E-state index >= 15 is 0 Å². The van der Waals surface area contributed by atoms with Crippen molar-refractivity contribution in [2.24, 2.45) is 5.92 Å². The number of aromatic nitrogens is 1. The van der Waals surface area contributed by atoms with E-state index in [2.05, 4.69) is 11.4 Å². The number of nitrogens with zero attached hydrogens (tertiary/aromatic N) is 2. The van der Waals surface area contributed by atoms with Gasteiger partial charge in [0.15, 0.2) is 6.54 Å². The van der Waals surface area contributed by atoms with Gasteiger partial charge in [0.05, 0.1) is 14.1 Å². The molecule has 0 radical (unpaired) electrons. The zero-order valence-corrected chi connectivity index (χ0v) is 15.5. The molecule has 0 spiro atoms. The van der Waals surface area contributed by atoms with Crippen LogP contribution in [0.25, 0.3) is 10.4 Å². The number of quaternary nitrogens is 1. The van der Waals surface area contributed by atoms with Gasteiger partial charge in [-0.05, 0) is 29.9 Å². The van der Waals surface area contributed by atoms with E-state index in [-0.39, 0.29) is 17.4 Å². The second-order valence-electron chi connectivity index (χ2n) is 7.54. The van der Waals surface area contributed by atoms with E-state index in [0.717, 1.165) is 42.2 Å². The average molecular weight is 358 g/mol. The molecule has 0 aliphatic carbocycles. The van der Waals surface area contributed by atoms with Crippen LogP contribution in [0.5, 0.6) is 0 Å². The number of amides is 1. The number of likely N-dealkylation sites (N-methyl/N-ethyl adjacent to an activating group) is 1. The number of carbonyl (C=O) groups is 1. The summed E-state index contributed by atoms with van der Waals surface area (Å²) in [6.07, 6.45) is 1.07. The Labute approximate surface area is 151 Å². The number of thiophene rings is 1. The zero-order chi connectivity index (χ0) is 17.6. The molecule has 2 atom stereocenters. The first-order valence-corrected chi connectivity index (χ1v) is 9.75. The van der Waals surface area contributed by atoms with Crippen LogP contribution in [0.1, 0.15) is 18.0 Å². The third-order valence-electron chi connectivity index (χ3n) is 5.23. The van der Waals surface area contributed by atoms with Gasteiger partial charge < -0.3 is 14.4 Å². The minimum atomic E-state index is 0.0857. The summed E-state index contributed by atoms with van der Waals surface area (Å²) in [7, 11) is 4.01. The van der Waals surface area contributed by atoms with E-state index in [9.17, 15) is 9.59 Å². The van der Waals surface area contributed by atoms with Crippen LogP contribution in [0.2, 0.25) is 0 Å². The highest BCUT2D eigenvalue weighted by Gasteiger charge is 2.38. The fourth-order valence-electron chi connectivity index (χ4n) is 4.27. The number of nitrogens with one attached hydrogen (secondary N) is 1. The summed E-state index contributed by atoms with van der Waals surface area (Å²) in [5.74, 6) is 0.849. The van der Waals surface area contributed by atoms with Gasteiger partial charge in [0.1, 0.15) is 0 Å². The summed E-state index contributed by atoms with van der Waals surface area (Å²) in [5, 5.41) is 2.07. The lowest BCUT2D eigenvalue weighted by molar-refractivity contribution is -0.849. The zero-order valence-electron chi connectivity index (χ0n) is 14.7. The number of hydrogen-bond acceptors (Lipinski definition) is 3. The molecule has 1 fully saturated rings. The molecular formula is C19H24N3O2S+. The lowest BCUT2D eigenvalue weighted by Gasteiger charge is -2.43. The molecule has 4 heterocycles. The number of carbonyl (C=O) groups excluding carboxylic acids is 1. The Morgan fingerprint density at radius 2 is 2.08 bits per heavy atom. The van der Waals surface area contributed by atoms with Gasteiger partial charge in [0.2, 0.25) is 0 Å². The fourth-order valence-corrected chi connectivity index (χ4v) is 5.03. The molecule has 0 aromatic carbocycles. The minimum absolute atomic E-state index is 0.0857. The van der Waals surface area contributed by atoms with Crippen LogP contribution >= 0.6 is 11.3 Å². The molecule has 1 N–H and O–H groups in total. The highest BCUT2D eigenvalue weighted by atomic mass is 32.1. The lowest BCUT2D eigenvalue weighted by Crippen LogP contribution is -3.07. The largest absolute Gasteiger partial charge is 0.337 e. The Balaban J connectivity index is 1.72. The summed E-state index contributed by atoms with van der Waals surface area (Å²) >= 11 is 1.70. The number of pyridine rings is 1. The number of hydrogen-bond donors (Lipinski definition) is 1. The normalized spacial score (nSPS) is 22.1. The molecule has 2 aromatic heterocycles. The number of likely N-dealkylation sites (tertiary alicyclic amines) is 1. The Bertz CT molecular complexity index is 841. The van der Waals surface area contributed by atoms with Crippen LogP contribution in [-0.2, 0) is 11.3 Å². The highest BCUT2D eigenvalue weighted by molar-refractivity contribution is 7.13. The number of rotatable bonds is 3. The van der Waals surface area contributed by atoms with Crippen molar-refractivity contribution in [3.05, 3.63) is 45.7 Å². The predicted molar refractivity (Wildman–Crippen MR) is 99.1 cm³/mol. The molecule has 0 saturated carbocycles. The first-order valence-electron chi connectivity index (χ1n) is 8.87. The van der Waals surface area contributed by atoms with Crippen LogP contribution in [0.3, 0.4) is 0 Å². The Hall–Kier alpha value is -1.92. The molecule has 2 aromatic rings. The Morgan fingerprint density at radius 1 is 1.24 bits per heavy atom. The van der Waals surface area contributed by atoms with E-state index in [1.807, 2.05) is 35.7 Å². The van der Waals surface area contributed by atoms with E-state index in [0.29, 0.717) is 12.5 Å². The van der Waals surface area contributed by atoms with E-state index < -0.39 is 0 Å². The number of fused-ring (bicyclic) bond motifs is 4. The smallest absolute Gasteiger partial charge is 0.277 e. The van der Waals surface area contributed by atoms with E-state index in [1.54, 1.807) is 17.4 Å². The van der Waals surface area contributed by atoms with Gasteiger partial charge in [-0.2, -0.15) is 0 Å².